The van der Waals surface area contributed by atoms with Crippen LogP contribution in [0.2, 0.25) is 0 Å². The summed E-state index contributed by atoms with van der Waals surface area (Å²) in [5.74, 6) is -0.254. The smallest absolute Gasteiger partial charge is 0.338 e. The number of anilines is 1. The Hall–Kier alpha value is -4.01. The second kappa shape index (κ2) is 12.0. The molecule has 9 nitrogen and oxygen atoms in total. The molecule has 0 aromatic heterocycles. The highest BCUT2D eigenvalue weighted by Gasteiger charge is 2.17. The van der Waals surface area contributed by atoms with Crippen molar-refractivity contribution in [3.8, 4) is 17.2 Å². The number of rotatable bonds is 11. The van der Waals surface area contributed by atoms with Gasteiger partial charge in [-0.3, -0.25) is 9.59 Å². The van der Waals surface area contributed by atoms with Gasteiger partial charge in [0.25, 0.3) is 5.91 Å². The number of methoxy groups -OCH3 is 2. The third-order valence-electron chi connectivity index (χ3n) is 4.24. The summed E-state index contributed by atoms with van der Waals surface area (Å²) in [5, 5.41) is 2.67. The number of hydrogen-bond acceptors (Lipinski definition) is 7. The number of esters is 1. The molecule has 0 unspecified atom stereocenters. The SMILES string of the molecule is C=CCOc1ccc(C(=O)OCC(=O)N(C)CC(=O)Nc2cccc(OC)c2)cc1OC. The molecule has 0 fully saturated rings. The zero-order valence-corrected chi connectivity index (χ0v) is 18.3. The van der Waals surface area contributed by atoms with Crippen molar-refractivity contribution in [3.63, 3.8) is 0 Å². The van der Waals surface area contributed by atoms with Crippen LogP contribution in [0.3, 0.4) is 0 Å². The lowest BCUT2D eigenvalue weighted by molar-refractivity contribution is -0.136. The van der Waals surface area contributed by atoms with Crippen LogP contribution in [0.4, 0.5) is 5.69 Å². The Morgan fingerprint density at radius 3 is 2.53 bits per heavy atom. The van der Waals surface area contributed by atoms with Crippen LogP contribution in [-0.2, 0) is 14.3 Å². The maximum Gasteiger partial charge on any atom is 0.338 e. The fourth-order valence-corrected chi connectivity index (χ4v) is 2.59. The summed E-state index contributed by atoms with van der Waals surface area (Å²) < 4.78 is 20.8. The molecular weight excluding hydrogens is 416 g/mol. The Balaban J connectivity index is 1.87. The van der Waals surface area contributed by atoms with Crippen LogP contribution < -0.4 is 19.5 Å². The van der Waals surface area contributed by atoms with Gasteiger partial charge in [0.2, 0.25) is 5.91 Å². The van der Waals surface area contributed by atoms with Gasteiger partial charge in [-0.15, -0.1) is 0 Å². The van der Waals surface area contributed by atoms with Crippen LogP contribution in [-0.4, -0.2) is 63.7 Å². The van der Waals surface area contributed by atoms with E-state index >= 15 is 0 Å². The summed E-state index contributed by atoms with van der Waals surface area (Å²) in [6.45, 7) is 3.13. The van der Waals surface area contributed by atoms with E-state index in [1.165, 1.54) is 33.4 Å². The van der Waals surface area contributed by atoms with Crippen molar-refractivity contribution >= 4 is 23.5 Å². The number of nitrogens with zero attached hydrogens (tertiary/aromatic N) is 1. The van der Waals surface area contributed by atoms with Crippen molar-refractivity contribution in [2.75, 3.05) is 46.3 Å². The molecule has 9 heteroatoms. The van der Waals surface area contributed by atoms with Crippen molar-refractivity contribution in [1.29, 1.82) is 0 Å². The molecule has 170 valence electrons. The van der Waals surface area contributed by atoms with E-state index in [9.17, 15) is 14.4 Å². The first-order valence-electron chi connectivity index (χ1n) is 9.64. The van der Waals surface area contributed by atoms with Gasteiger partial charge in [-0.05, 0) is 30.3 Å². The fourth-order valence-electron chi connectivity index (χ4n) is 2.59. The van der Waals surface area contributed by atoms with E-state index in [2.05, 4.69) is 11.9 Å². The Labute approximate surface area is 186 Å². The van der Waals surface area contributed by atoms with Crippen molar-refractivity contribution in [2.24, 2.45) is 0 Å². The molecule has 0 heterocycles. The quantitative estimate of drug-likeness (QED) is 0.421. The van der Waals surface area contributed by atoms with Gasteiger partial charge >= 0.3 is 5.97 Å². The number of benzene rings is 2. The highest BCUT2D eigenvalue weighted by atomic mass is 16.5. The van der Waals surface area contributed by atoms with Crippen LogP contribution in [0.25, 0.3) is 0 Å². The molecule has 0 bridgehead atoms. The molecule has 0 aliphatic heterocycles. The van der Waals surface area contributed by atoms with Crippen molar-refractivity contribution in [3.05, 3.63) is 60.7 Å². The van der Waals surface area contributed by atoms with Crippen LogP contribution in [0.15, 0.2) is 55.1 Å². The molecule has 2 aromatic rings. The van der Waals surface area contributed by atoms with E-state index in [-0.39, 0.29) is 18.7 Å². The third kappa shape index (κ3) is 7.05. The van der Waals surface area contributed by atoms with Crippen LogP contribution >= 0.6 is 0 Å². The molecule has 0 saturated heterocycles. The topological polar surface area (TPSA) is 103 Å². The standard InChI is InChI=1S/C23H26N2O7/c1-5-11-31-19-10-9-16(12-20(19)30-4)23(28)32-15-22(27)25(2)14-21(26)24-17-7-6-8-18(13-17)29-3/h5-10,12-13H,1,11,14-15H2,2-4H3,(H,24,26). The van der Waals surface area contributed by atoms with Gasteiger partial charge in [0.1, 0.15) is 12.4 Å². The Morgan fingerprint density at radius 1 is 1.06 bits per heavy atom. The van der Waals surface area contributed by atoms with Gasteiger partial charge in [0.15, 0.2) is 18.1 Å². The first kappa shape index (κ1) is 24.3. The van der Waals surface area contributed by atoms with Gasteiger partial charge in [-0.1, -0.05) is 18.7 Å². The number of carbonyl (C=O) groups excluding carboxylic acids is 3. The normalized spacial score (nSPS) is 9.97. The van der Waals surface area contributed by atoms with Gasteiger partial charge in [-0.25, -0.2) is 4.79 Å². The van der Waals surface area contributed by atoms with Gasteiger partial charge in [-0.2, -0.15) is 0 Å². The molecular formula is C23H26N2O7. The predicted molar refractivity (Wildman–Crippen MR) is 118 cm³/mol. The highest BCUT2D eigenvalue weighted by molar-refractivity contribution is 5.95. The molecule has 0 saturated carbocycles. The monoisotopic (exact) mass is 442 g/mol. The van der Waals surface area contributed by atoms with E-state index in [4.69, 9.17) is 18.9 Å². The van der Waals surface area contributed by atoms with Crippen LogP contribution in [0.5, 0.6) is 17.2 Å². The van der Waals surface area contributed by atoms with Crippen molar-refractivity contribution in [1.82, 2.24) is 4.90 Å². The zero-order valence-electron chi connectivity index (χ0n) is 18.3. The Kier molecular flexibility index (Phi) is 9.09. The maximum atomic E-state index is 12.3. The number of likely N-dealkylation sites (N-methyl/N-ethyl adjacent to an activating group) is 1. The molecule has 2 aromatic carbocycles. The van der Waals surface area contributed by atoms with Gasteiger partial charge in [0, 0.05) is 18.8 Å². The molecule has 32 heavy (non-hydrogen) atoms. The molecule has 0 radical (unpaired) electrons. The second-order valence-corrected chi connectivity index (χ2v) is 6.57. The van der Waals surface area contributed by atoms with Gasteiger partial charge < -0.3 is 29.2 Å². The Morgan fingerprint density at radius 2 is 1.84 bits per heavy atom. The largest absolute Gasteiger partial charge is 0.497 e. The first-order chi connectivity index (χ1) is 15.4. The number of ether oxygens (including phenoxy) is 4. The third-order valence-corrected chi connectivity index (χ3v) is 4.24. The van der Waals surface area contributed by atoms with E-state index in [0.29, 0.717) is 22.9 Å². The summed E-state index contributed by atoms with van der Waals surface area (Å²) >= 11 is 0. The zero-order chi connectivity index (χ0) is 23.5. The lowest BCUT2D eigenvalue weighted by Crippen LogP contribution is -2.37. The van der Waals surface area contributed by atoms with Crippen LogP contribution in [0.1, 0.15) is 10.4 Å². The van der Waals surface area contributed by atoms with E-state index < -0.39 is 24.4 Å². The molecule has 0 spiro atoms. The average molecular weight is 442 g/mol. The summed E-state index contributed by atoms with van der Waals surface area (Å²) in [6.07, 6.45) is 1.58. The van der Waals surface area contributed by atoms with E-state index in [1.54, 1.807) is 36.4 Å². The Bertz CT molecular complexity index is 975. The fraction of sp³-hybridized carbons (Fsp3) is 0.261. The molecule has 2 amide bonds. The molecule has 1 N–H and O–H groups in total. The van der Waals surface area contributed by atoms with Crippen LogP contribution in [0, 0.1) is 0 Å². The lowest BCUT2D eigenvalue weighted by atomic mass is 10.2. The van der Waals surface area contributed by atoms with E-state index in [1.807, 2.05) is 0 Å². The van der Waals surface area contributed by atoms with Crippen molar-refractivity contribution < 1.29 is 33.3 Å². The van der Waals surface area contributed by atoms with Crippen molar-refractivity contribution in [2.45, 2.75) is 0 Å². The minimum absolute atomic E-state index is 0.194. The minimum Gasteiger partial charge on any atom is -0.497 e. The molecule has 0 aliphatic carbocycles. The number of carbonyl (C=O) groups is 3. The number of hydrogen-bond donors (Lipinski definition) is 1. The molecule has 2 rings (SSSR count). The first-order valence-corrected chi connectivity index (χ1v) is 9.64. The van der Waals surface area contributed by atoms with E-state index in [0.717, 1.165) is 4.90 Å². The molecule has 0 atom stereocenters. The summed E-state index contributed by atoms with van der Waals surface area (Å²) in [5.41, 5.74) is 0.732. The number of nitrogens with one attached hydrogen (secondary N) is 1. The summed E-state index contributed by atoms with van der Waals surface area (Å²) in [7, 11) is 4.41. The minimum atomic E-state index is -0.707. The lowest BCUT2D eigenvalue weighted by Gasteiger charge is -2.17. The second-order valence-electron chi connectivity index (χ2n) is 6.57. The molecule has 0 aliphatic rings. The maximum absolute atomic E-state index is 12.3. The van der Waals surface area contributed by atoms with Gasteiger partial charge in [0.05, 0.1) is 26.3 Å². The summed E-state index contributed by atoms with van der Waals surface area (Å²) in [4.78, 5) is 37.9. The predicted octanol–water partition coefficient (Wildman–Crippen LogP) is 2.52. The number of amides is 2. The highest BCUT2D eigenvalue weighted by Crippen LogP contribution is 2.28. The summed E-state index contributed by atoms with van der Waals surface area (Å²) in [6, 6.07) is 11.4. The average Bonchev–Trinajstić information content (AvgIpc) is 2.80.